The fraction of sp³-hybridized carbons (Fsp3) is 0.283. The summed E-state index contributed by atoms with van der Waals surface area (Å²) < 4.78 is 20.9. The van der Waals surface area contributed by atoms with E-state index in [1.165, 1.54) is 21.1 Å². The van der Waals surface area contributed by atoms with E-state index in [0.29, 0.717) is 52.0 Å². The Morgan fingerprint density at radius 1 is 0.655 bits per heavy atom. The van der Waals surface area contributed by atoms with Gasteiger partial charge in [0.25, 0.3) is 11.8 Å². The first-order chi connectivity index (χ1) is 27.7. The number of ether oxygens (including phenoxy) is 4. The van der Waals surface area contributed by atoms with Gasteiger partial charge in [-0.15, -0.1) is 0 Å². The predicted molar refractivity (Wildman–Crippen MR) is 226 cm³/mol. The van der Waals surface area contributed by atoms with Gasteiger partial charge in [-0.05, 0) is 121 Å². The molecule has 1 aromatic heterocycles. The third kappa shape index (κ3) is 11.4. The van der Waals surface area contributed by atoms with Crippen molar-refractivity contribution in [3.8, 4) is 40.2 Å². The summed E-state index contributed by atoms with van der Waals surface area (Å²) in [5.74, 6) is 1.59. The Hall–Kier alpha value is -6.87. The van der Waals surface area contributed by atoms with Gasteiger partial charge in [0.15, 0.2) is 23.0 Å². The Bertz CT molecular complexity index is 2250. The number of rotatable bonds is 14. The van der Waals surface area contributed by atoms with E-state index in [4.69, 9.17) is 18.9 Å². The first-order valence-corrected chi connectivity index (χ1v) is 18.5. The molecule has 0 fully saturated rings. The number of methoxy groups -OCH3 is 4. The number of nitrogens with one attached hydrogen (secondary N) is 3. The summed E-state index contributed by atoms with van der Waals surface area (Å²) in [5, 5.41) is 18.3. The molecule has 0 spiro atoms. The summed E-state index contributed by atoms with van der Waals surface area (Å²) in [4.78, 5) is 40.4. The number of hydrogen-bond acceptors (Lipinski definition) is 9. The number of carbonyl (C=O) groups is 3. The summed E-state index contributed by atoms with van der Waals surface area (Å²) in [6.07, 6.45) is 4.23. The van der Waals surface area contributed by atoms with Crippen molar-refractivity contribution in [2.24, 2.45) is 0 Å². The second kappa shape index (κ2) is 19.8. The van der Waals surface area contributed by atoms with Crippen LogP contribution >= 0.6 is 0 Å². The number of aromatic nitrogens is 1. The second-order valence-electron chi connectivity index (χ2n) is 14.5. The van der Waals surface area contributed by atoms with Gasteiger partial charge >= 0.3 is 0 Å². The Morgan fingerprint density at radius 2 is 1.16 bits per heavy atom. The summed E-state index contributed by atoms with van der Waals surface area (Å²) in [5.41, 5.74) is 5.29. The average molecular weight is 786 g/mol. The van der Waals surface area contributed by atoms with Crippen LogP contribution in [0, 0.1) is 11.3 Å². The summed E-state index contributed by atoms with van der Waals surface area (Å²) in [7, 11) is 6.15. The van der Waals surface area contributed by atoms with E-state index in [9.17, 15) is 19.6 Å². The zero-order valence-corrected chi connectivity index (χ0v) is 34.5. The number of amides is 3. The molecule has 5 aromatic rings. The van der Waals surface area contributed by atoms with Crippen LogP contribution in [0.25, 0.3) is 11.1 Å². The average Bonchev–Trinajstić information content (AvgIpc) is 3.23. The molecular formula is C46H51N5O7. The molecule has 0 aliphatic rings. The van der Waals surface area contributed by atoms with E-state index in [1.807, 2.05) is 62.4 Å². The molecular weight excluding hydrogens is 735 g/mol. The zero-order valence-electron chi connectivity index (χ0n) is 34.5. The predicted octanol–water partition coefficient (Wildman–Crippen LogP) is 8.58. The van der Waals surface area contributed by atoms with Gasteiger partial charge in [-0.2, -0.15) is 5.26 Å². The van der Waals surface area contributed by atoms with E-state index in [2.05, 4.69) is 40.9 Å². The SMILES string of the molecule is COc1ccc(C(=O)Nc2ccc(C(C)(C)C#N)c(-c3ccncc3)c2)cc1OC.COc1ccc(C(=O)Nc2ccc(C(C)(C)CCNC(C)=O)cc2)cc1OC. The molecule has 3 N–H and O–H groups in total. The molecule has 0 radical (unpaired) electrons. The van der Waals surface area contributed by atoms with Crippen molar-refractivity contribution in [2.45, 2.75) is 51.9 Å². The maximum absolute atomic E-state index is 12.8. The van der Waals surface area contributed by atoms with Gasteiger partial charge in [0.2, 0.25) is 5.91 Å². The number of carbonyl (C=O) groups excluding carboxylic acids is 3. The molecule has 3 amide bonds. The van der Waals surface area contributed by atoms with Gasteiger partial charge in [-0.25, -0.2) is 0 Å². The highest BCUT2D eigenvalue weighted by atomic mass is 16.5. The zero-order chi connectivity index (χ0) is 42.5. The summed E-state index contributed by atoms with van der Waals surface area (Å²) in [6, 6.07) is 29.5. The van der Waals surface area contributed by atoms with Crippen LogP contribution in [0.5, 0.6) is 23.0 Å². The van der Waals surface area contributed by atoms with E-state index < -0.39 is 5.41 Å². The van der Waals surface area contributed by atoms with Gasteiger partial charge in [-0.3, -0.25) is 19.4 Å². The molecule has 0 bridgehead atoms. The van der Waals surface area contributed by atoms with Gasteiger partial charge < -0.3 is 34.9 Å². The lowest BCUT2D eigenvalue weighted by molar-refractivity contribution is -0.119. The number of anilines is 2. The van der Waals surface area contributed by atoms with Crippen LogP contribution < -0.4 is 34.9 Å². The van der Waals surface area contributed by atoms with Gasteiger partial charge in [0.05, 0.1) is 39.9 Å². The molecule has 12 heteroatoms. The van der Waals surface area contributed by atoms with Crippen LogP contribution in [0.4, 0.5) is 11.4 Å². The van der Waals surface area contributed by atoms with Gasteiger partial charge in [0, 0.05) is 48.4 Å². The highest BCUT2D eigenvalue weighted by Crippen LogP contribution is 2.36. The maximum Gasteiger partial charge on any atom is 0.255 e. The van der Waals surface area contributed by atoms with E-state index in [1.54, 1.807) is 69.1 Å². The van der Waals surface area contributed by atoms with Gasteiger partial charge in [-0.1, -0.05) is 32.0 Å². The molecule has 58 heavy (non-hydrogen) atoms. The largest absolute Gasteiger partial charge is 0.493 e. The van der Waals surface area contributed by atoms with Crippen LogP contribution in [0.3, 0.4) is 0 Å². The molecule has 0 atom stereocenters. The van der Waals surface area contributed by atoms with Crippen molar-refractivity contribution in [1.82, 2.24) is 10.3 Å². The highest BCUT2D eigenvalue weighted by Gasteiger charge is 2.25. The molecule has 5 rings (SSSR count). The Labute approximate surface area is 340 Å². The molecule has 0 saturated heterocycles. The third-order valence-corrected chi connectivity index (χ3v) is 9.56. The number of benzene rings is 4. The minimum atomic E-state index is -0.690. The molecule has 4 aromatic carbocycles. The molecule has 12 nitrogen and oxygen atoms in total. The highest BCUT2D eigenvalue weighted by molar-refractivity contribution is 6.05. The molecule has 0 unspecified atom stereocenters. The Kier molecular flexibility index (Phi) is 15.0. The van der Waals surface area contributed by atoms with Crippen LogP contribution in [0.15, 0.2) is 103 Å². The topological polar surface area (TPSA) is 161 Å². The van der Waals surface area contributed by atoms with Crippen LogP contribution in [-0.4, -0.2) is 57.7 Å². The minimum absolute atomic E-state index is 0.0241. The van der Waals surface area contributed by atoms with Crippen molar-refractivity contribution in [3.63, 3.8) is 0 Å². The Balaban J connectivity index is 0.000000257. The molecule has 1 heterocycles. The van der Waals surface area contributed by atoms with E-state index >= 15 is 0 Å². The number of nitriles is 1. The van der Waals surface area contributed by atoms with Crippen LogP contribution in [-0.2, 0) is 15.6 Å². The summed E-state index contributed by atoms with van der Waals surface area (Å²) in [6.45, 7) is 10.1. The van der Waals surface area contributed by atoms with Gasteiger partial charge in [0.1, 0.15) is 0 Å². The van der Waals surface area contributed by atoms with Crippen LogP contribution in [0.1, 0.15) is 72.9 Å². The van der Waals surface area contributed by atoms with Crippen molar-refractivity contribution < 1.29 is 33.3 Å². The number of hydrogen-bond donors (Lipinski definition) is 3. The molecule has 0 saturated carbocycles. The smallest absolute Gasteiger partial charge is 0.255 e. The molecule has 0 aliphatic heterocycles. The van der Waals surface area contributed by atoms with Crippen molar-refractivity contribution in [2.75, 3.05) is 45.6 Å². The second-order valence-corrected chi connectivity index (χ2v) is 14.5. The van der Waals surface area contributed by atoms with E-state index in [0.717, 1.165) is 28.7 Å². The lowest BCUT2D eigenvalue weighted by Crippen LogP contribution is -2.28. The fourth-order valence-corrected chi connectivity index (χ4v) is 6.06. The van der Waals surface area contributed by atoms with Crippen molar-refractivity contribution in [1.29, 1.82) is 5.26 Å². The lowest BCUT2D eigenvalue weighted by atomic mass is 9.81. The summed E-state index contributed by atoms with van der Waals surface area (Å²) >= 11 is 0. The monoisotopic (exact) mass is 785 g/mol. The molecule has 302 valence electrons. The standard InChI is InChI=1S/C24H23N3O3.C22H28N2O4/c1-24(2,15-25)20-7-6-18(14-19(20)16-9-11-26-12-10-16)27-23(28)17-5-8-21(29-3)22(13-17)30-4;1-15(25)23-13-12-22(2,3)17-7-9-18(10-8-17)24-21(26)16-6-11-19(27-4)20(14-16)28-5/h5-14H,1-4H3,(H,27,28);6-11,14H,12-13H2,1-5H3,(H,23,25)(H,24,26). The molecule has 0 aliphatic carbocycles. The fourth-order valence-electron chi connectivity index (χ4n) is 6.06. The van der Waals surface area contributed by atoms with Crippen LogP contribution in [0.2, 0.25) is 0 Å². The van der Waals surface area contributed by atoms with Crippen molar-refractivity contribution in [3.05, 3.63) is 126 Å². The van der Waals surface area contributed by atoms with Crippen molar-refractivity contribution >= 4 is 29.1 Å². The normalized spacial score (nSPS) is 10.8. The first kappa shape index (κ1) is 43.9. The first-order valence-electron chi connectivity index (χ1n) is 18.5. The number of pyridine rings is 1. The lowest BCUT2D eigenvalue weighted by Gasteiger charge is -2.25. The third-order valence-electron chi connectivity index (χ3n) is 9.56. The quantitative estimate of drug-likeness (QED) is 0.100. The number of nitrogens with zero attached hydrogens (tertiary/aromatic N) is 2. The Morgan fingerprint density at radius 3 is 1.64 bits per heavy atom. The van der Waals surface area contributed by atoms with E-state index in [-0.39, 0.29) is 23.1 Å². The maximum atomic E-state index is 12.8. The minimum Gasteiger partial charge on any atom is -0.493 e.